The highest BCUT2D eigenvalue weighted by atomic mass is 35.5. The molecule has 1 rings (SSSR count). The van der Waals surface area contributed by atoms with Gasteiger partial charge in [-0.2, -0.15) is 0 Å². The smallest absolute Gasteiger partial charge is 0.326 e. The zero-order valence-corrected chi connectivity index (χ0v) is 10.9. The molecule has 0 aromatic heterocycles. The first-order chi connectivity index (χ1) is 8.34. The Bertz CT molecular complexity index is 474. The van der Waals surface area contributed by atoms with Crippen LogP contribution in [0.2, 0.25) is 5.02 Å². The summed E-state index contributed by atoms with van der Waals surface area (Å²) in [5.74, 6) is -1.86. The van der Waals surface area contributed by atoms with Gasteiger partial charge in [-0.25, -0.2) is 4.79 Å². The Morgan fingerprint density at radius 3 is 2.50 bits per heavy atom. The summed E-state index contributed by atoms with van der Waals surface area (Å²) in [5, 5.41) is 11.7. The first-order valence-corrected chi connectivity index (χ1v) is 5.80. The number of carboxylic acids is 1. The van der Waals surface area contributed by atoms with Crippen molar-refractivity contribution in [3.8, 4) is 0 Å². The van der Waals surface area contributed by atoms with Crippen molar-refractivity contribution >= 4 is 29.2 Å². The number of para-hydroxylation sites is 1. The predicted molar refractivity (Wildman–Crippen MR) is 69.6 cm³/mol. The highest BCUT2D eigenvalue weighted by Gasteiger charge is 2.24. The minimum atomic E-state index is -1.08. The second-order valence-electron chi connectivity index (χ2n) is 4.23. The summed E-state index contributed by atoms with van der Waals surface area (Å²) in [5.41, 5.74) is 5.99. The number of rotatable bonds is 4. The fourth-order valence-corrected chi connectivity index (χ4v) is 1.64. The van der Waals surface area contributed by atoms with Crippen molar-refractivity contribution in [3.63, 3.8) is 0 Å². The molecule has 1 amide bonds. The lowest BCUT2D eigenvalue weighted by Gasteiger charge is -2.18. The Labute approximate surface area is 110 Å². The van der Waals surface area contributed by atoms with Gasteiger partial charge in [-0.15, -0.1) is 0 Å². The summed E-state index contributed by atoms with van der Waals surface area (Å²) in [6.45, 7) is 3.42. The quantitative estimate of drug-likeness (QED) is 0.727. The van der Waals surface area contributed by atoms with Gasteiger partial charge < -0.3 is 16.2 Å². The van der Waals surface area contributed by atoms with E-state index in [2.05, 4.69) is 5.32 Å². The van der Waals surface area contributed by atoms with E-state index in [9.17, 15) is 9.59 Å². The third-order valence-corrected chi connectivity index (χ3v) is 2.85. The number of carbonyl (C=O) groups excluding carboxylic acids is 1. The highest BCUT2D eigenvalue weighted by molar-refractivity contribution is 6.33. The average Bonchev–Trinajstić information content (AvgIpc) is 2.28. The molecule has 0 aliphatic heterocycles. The van der Waals surface area contributed by atoms with Crippen molar-refractivity contribution < 1.29 is 14.7 Å². The lowest BCUT2D eigenvalue weighted by atomic mass is 10.0. The summed E-state index contributed by atoms with van der Waals surface area (Å²) in [6.07, 6.45) is 0. The molecule has 98 valence electrons. The monoisotopic (exact) mass is 270 g/mol. The molecule has 1 aromatic rings. The summed E-state index contributed by atoms with van der Waals surface area (Å²) in [4.78, 5) is 22.9. The van der Waals surface area contributed by atoms with E-state index in [1.165, 1.54) is 6.07 Å². The molecular formula is C12H15ClN2O3. The van der Waals surface area contributed by atoms with Gasteiger partial charge >= 0.3 is 5.97 Å². The van der Waals surface area contributed by atoms with Gasteiger partial charge in [-0.1, -0.05) is 31.5 Å². The third-order valence-electron chi connectivity index (χ3n) is 2.52. The van der Waals surface area contributed by atoms with Crippen LogP contribution in [0.4, 0.5) is 5.69 Å². The van der Waals surface area contributed by atoms with Gasteiger partial charge in [0.15, 0.2) is 0 Å². The van der Waals surface area contributed by atoms with Crippen LogP contribution in [-0.4, -0.2) is 23.0 Å². The molecule has 1 atom stereocenters. The van der Waals surface area contributed by atoms with Crippen molar-refractivity contribution in [1.82, 2.24) is 5.32 Å². The van der Waals surface area contributed by atoms with Crippen LogP contribution in [-0.2, 0) is 4.79 Å². The van der Waals surface area contributed by atoms with Gasteiger partial charge in [0.05, 0.1) is 16.3 Å². The lowest BCUT2D eigenvalue weighted by Crippen LogP contribution is -2.44. The maximum absolute atomic E-state index is 11.9. The van der Waals surface area contributed by atoms with Crippen LogP contribution in [0.5, 0.6) is 0 Å². The van der Waals surface area contributed by atoms with Gasteiger partial charge in [-0.05, 0) is 18.1 Å². The normalized spacial score (nSPS) is 12.2. The van der Waals surface area contributed by atoms with Crippen molar-refractivity contribution in [2.24, 2.45) is 5.92 Å². The van der Waals surface area contributed by atoms with Gasteiger partial charge in [0, 0.05) is 0 Å². The van der Waals surface area contributed by atoms with Gasteiger partial charge in [0.2, 0.25) is 0 Å². The Hall–Kier alpha value is -1.75. The number of carboxylic acid groups (broad SMARTS) is 1. The fourth-order valence-electron chi connectivity index (χ4n) is 1.47. The van der Waals surface area contributed by atoms with Gasteiger partial charge in [0.25, 0.3) is 5.91 Å². The number of amides is 1. The van der Waals surface area contributed by atoms with Crippen LogP contribution in [0.1, 0.15) is 24.2 Å². The number of aliphatic carboxylic acids is 1. The van der Waals surface area contributed by atoms with E-state index in [1.54, 1.807) is 26.0 Å². The number of halogens is 1. The number of benzene rings is 1. The van der Waals surface area contributed by atoms with Crippen molar-refractivity contribution in [3.05, 3.63) is 28.8 Å². The molecule has 5 nitrogen and oxygen atoms in total. The first kappa shape index (κ1) is 14.3. The summed E-state index contributed by atoms with van der Waals surface area (Å²) >= 11 is 5.80. The topological polar surface area (TPSA) is 92.4 Å². The maximum Gasteiger partial charge on any atom is 0.326 e. The summed E-state index contributed by atoms with van der Waals surface area (Å²) in [7, 11) is 0. The molecule has 18 heavy (non-hydrogen) atoms. The fraction of sp³-hybridized carbons (Fsp3) is 0.333. The number of carbonyl (C=O) groups is 2. The van der Waals surface area contributed by atoms with Crippen LogP contribution >= 0.6 is 11.6 Å². The second-order valence-corrected chi connectivity index (χ2v) is 4.64. The van der Waals surface area contributed by atoms with Crippen LogP contribution in [0.25, 0.3) is 0 Å². The number of hydrogen-bond acceptors (Lipinski definition) is 3. The molecule has 0 fully saturated rings. The molecule has 0 saturated heterocycles. The average molecular weight is 271 g/mol. The number of nitrogens with two attached hydrogens (primary N) is 1. The Balaban J connectivity index is 2.94. The molecule has 0 saturated carbocycles. The Morgan fingerprint density at radius 2 is 2.00 bits per heavy atom. The van der Waals surface area contributed by atoms with E-state index in [4.69, 9.17) is 22.4 Å². The highest BCUT2D eigenvalue weighted by Crippen LogP contribution is 2.22. The molecule has 0 spiro atoms. The van der Waals surface area contributed by atoms with E-state index in [-0.39, 0.29) is 22.2 Å². The molecule has 4 N–H and O–H groups in total. The Morgan fingerprint density at radius 1 is 1.39 bits per heavy atom. The standard InChI is InChI=1S/C12H15ClN2O3/c1-6(2)10(12(17)18)15-11(16)7-4-3-5-8(13)9(7)14/h3-6,10H,14H2,1-2H3,(H,15,16)(H,17,18). The molecule has 1 unspecified atom stereocenters. The van der Waals surface area contributed by atoms with E-state index in [0.717, 1.165) is 0 Å². The molecule has 0 radical (unpaired) electrons. The van der Waals surface area contributed by atoms with Crippen molar-refractivity contribution in [2.45, 2.75) is 19.9 Å². The van der Waals surface area contributed by atoms with E-state index < -0.39 is 17.9 Å². The largest absolute Gasteiger partial charge is 0.480 e. The van der Waals surface area contributed by atoms with Gasteiger partial charge in [0.1, 0.15) is 6.04 Å². The first-order valence-electron chi connectivity index (χ1n) is 5.42. The van der Waals surface area contributed by atoms with E-state index in [1.807, 2.05) is 0 Å². The summed E-state index contributed by atoms with van der Waals surface area (Å²) in [6, 6.07) is 3.68. The lowest BCUT2D eigenvalue weighted by molar-refractivity contribution is -0.140. The maximum atomic E-state index is 11.9. The summed E-state index contributed by atoms with van der Waals surface area (Å²) < 4.78 is 0. The van der Waals surface area contributed by atoms with Crippen molar-refractivity contribution in [2.75, 3.05) is 5.73 Å². The molecule has 0 bridgehead atoms. The molecule has 0 aliphatic rings. The molecule has 0 heterocycles. The van der Waals surface area contributed by atoms with Crippen LogP contribution < -0.4 is 11.1 Å². The molecule has 1 aromatic carbocycles. The van der Waals surface area contributed by atoms with Gasteiger partial charge in [-0.3, -0.25) is 4.79 Å². The minimum absolute atomic E-state index is 0.143. The number of anilines is 1. The SMILES string of the molecule is CC(C)C(NC(=O)c1cccc(Cl)c1N)C(=O)O. The molecular weight excluding hydrogens is 256 g/mol. The zero-order chi connectivity index (χ0) is 13.9. The molecule has 6 heteroatoms. The molecule has 0 aliphatic carbocycles. The third kappa shape index (κ3) is 3.13. The number of hydrogen-bond donors (Lipinski definition) is 3. The van der Waals surface area contributed by atoms with Crippen molar-refractivity contribution in [1.29, 1.82) is 0 Å². The van der Waals surface area contributed by atoms with E-state index in [0.29, 0.717) is 0 Å². The Kier molecular flexibility index (Phi) is 4.55. The van der Waals surface area contributed by atoms with Crippen LogP contribution in [0, 0.1) is 5.92 Å². The van der Waals surface area contributed by atoms with E-state index >= 15 is 0 Å². The predicted octanol–water partition coefficient (Wildman–Crippen LogP) is 1.76. The van der Waals surface area contributed by atoms with Crippen LogP contribution in [0.3, 0.4) is 0 Å². The minimum Gasteiger partial charge on any atom is -0.480 e. The number of nitrogen functional groups attached to an aromatic ring is 1. The zero-order valence-electron chi connectivity index (χ0n) is 10.1. The number of nitrogens with one attached hydrogen (secondary N) is 1. The second kappa shape index (κ2) is 5.73. The van der Waals surface area contributed by atoms with Crippen LogP contribution in [0.15, 0.2) is 18.2 Å².